The van der Waals surface area contributed by atoms with E-state index in [1.807, 2.05) is 0 Å². The lowest BCUT2D eigenvalue weighted by atomic mass is 10.0. The number of rotatable bonds is 66. The first-order valence-corrected chi connectivity index (χ1v) is 33.3. The van der Waals surface area contributed by atoms with E-state index in [9.17, 15) is 0 Å². The standard InChI is InChI=1S/C66H135NO3/c1-4-7-10-13-16-19-22-25-28-31-34-37-40-43-46-52-61-68-64-55-49-58-67(59-50-56-65-69-62-53-47-44-41-38-35-32-29-26-23-20-17-14-11-8-5-2)60-51-57-66-70-63-54-48-45-42-39-36-33-30-27-24-21-18-15-12-9-6-3/h4-66H2,1-3H3. The van der Waals surface area contributed by atoms with Gasteiger partial charge in [-0.3, -0.25) is 0 Å². The molecule has 0 spiro atoms. The van der Waals surface area contributed by atoms with E-state index in [1.54, 1.807) is 0 Å². The molecule has 0 rings (SSSR count). The van der Waals surface area contributed by atoms with Crippen LogP contribution < -0.4 is 0 Å². The number of hydrogen-bond donors (Lipinski definition) is 0. The monoisotopic (exact) mass is 990 g/mol. The van der Waals surface area contributed by atoms with Crippen LogP contribution in [0.25, 0.3) is 0 Å². The van der Waals surface area contributed by atoms with E-state index in [4.69, 9.17) is 14.2 Å². The highest BCUT2D eigenvalue weighted by atomic mass is 16.5. The zero-order chi connectivity index (χ0) is 50.2. The van der Waals surface area contributed by atoms with Crippen molar-refractivity contribution < 1.29 is 14.2 Å². The molecule has 0 aliphatic rings. The summed E-state index contributed by atoms with van der Waals surface area (Å²) in [6, 6.07) is 0. The molecule has 0 heterocycles. The van der Waals surface area contributed by atoms with Crippen LogP contribution in [0.1, 0.15) is 367 Å². The lowest BCUT2D eigenvalue weighted by Gasteiger charge is -2.22. The Morgan fingerprint density at radius 3 is 0.443 bits per heavy atom. The average molecular weight is 991 g/mol. The van der Waals surface area contributed by atoms with Gasteiger partial charge in [-0.15, -0.1) is 0 Å². The molecule has 0 fully saturated rings. The molecule has 70 heavy (non-hydrogen) atoms. The van der Waals surface area contributed by atoms with Gasteiger partial charge < -0.3 is 19.1 Å². The highest BCUT2D eigenvalue weighted by Gasteiger charge is 2.06. The van der Waals surface area contributed by atoms with Gasteiger partial charge in [0.15, 0.2) is 0 Å². The minimum atomic E-state index is 0.937. The van der Waals surface area contributed by atoms with Crippen LogP contribution >= 0.6 is 0 Å². The highest BCUT2D eigenvalue weighted by Crippen LogP contribution is 2.17. The van der Waals surface area contributed by atoms with Crippen LogP contribution in [0.3, 0.4) is 0 Å². The summed E-state index contributed by atoms with van der Waals surface area (Å²) in [4.78, 5) is 2.74. The summed E-state index contributed by atoms with van der Waals surface area (Å²) in [7, 11) is 0. The Kier molecular flexibility index (Phi) is 66.7. The molecule has 0 aromatic carbocycles. The van der Waals surface area contributed by atoms with E-state index in [-0.39, 0.29) is 0 Å². The maximum absolute atomic E-state index is 6.10. The fourth-order valence-corrected chi connectivity index (χ4v) is 10.5. The molecule has 4 nitrogen and oxygen atoms in total. The van der Waals surface area contributed by atoms with Crippen LogP contribution in [0, 0.1) is 0 Å². The first-order chi connectivity index (χ1) is 34.8. The topological polar surface area (TPSA) is 30.9 Å². The number of nitrogens with zero attached hydrogens (tertiary/aromatic N) is 1. The number of ether oxygens (including phenoxy) is 3. The third-order valence-corrected chi connectivity index (χ3v) is 15.5. The first kappa shape index (κ1) is 69.8. The van der Waals surface area contributed by atoms with Crippen molar-refractivity contribution in [2.24, 2.45) is 0 Å². The van der Waals surface area contributed by atoms with Crippen molar-refractivity contribution in [2.45, 2.75) is 367 Å². The van der Waals surface area contributed by atoms with Gasteiger partial charge in [0.1, 0.15) is 0 Å². The molecule has 0 saturated heterocycles. The Morgan fingerprint density at radius 2 is 0.286 bits per heavy atom. The second kappa shape index (κ2) is 66.9. The van der Waals surface area contributed by atoms with Crippen molar-refractivity contribution in [1.29, 1.82) is 0 Å². The summed E-state index contributed by atoms with van der Waals surface area (Å²) in [6.07, 6.45) is 75.7. The van der Waals surface area contributed by atoms with Gasteiger partial charge in [-0.25, -0.2) is 0 Å². The zero-order valence-corrected chi connectivity index (χ0v) is 49.2. The maximum Gasteiger partial charge on any atom is 0.0466 e. The van der Waals surface area contributed by atoms with Crippen molar-refractivity contribution in [1.82, 2.24) is 4.90 Å². The lowest BCUT2D eigenvalue weighted by molar-refractivity contribution is 0.114. The van der Waals surface area contributed by atoms with Gasteiger partial charge in [0.25, 0.3) is 0 Å². The highest BCUT2D eigenvalue weighted by molar-refractivity contribution is 4.61. The van der Waals surface area contributed by atoms with Crippen LogP contribution in [0.4, 0.5) is 0 Å². The second-order valence-electron chi connectivity index (χ2n) is 22.7. The van der Waals surface area contributed by atoms with Gasteiger partial charge in [0, 0.05) is 39.6 Å². The normalized spacial score (nSPS) is 11.8. The average Bonchev–Trinajstić information content (AvgIpc) is 3.37. The fraction of sp³-hybridized carbons (Fsp3) is 1.00. The smallest absolute Gasteiger partial charge is 0.0466 e. The zero-order valence-electron chi connectivity index (χ0n) is 49.2. The van der Waals surface area contributed by atoms with Crippen molar-refractivity contribution in [3.8, 4) is 0 Å². The Morgan fingerprint density at radius 1 is 0.157 bits per heavy atom. The van der Waals surface area contributed by atoms with Crippen LogP contribution in [-0.4, -0.2) is 64.2 Å². The van der Waals surface area contributed by atoms with E-state index in [2.05, 4.69) is 25.7 Å². The van der Waals surface area contributed by atoms with Gasteiger partial charge in [-0.2, -0.15) is 0 Å². The molecule has 0 aliphatic heterocycles. The summed E-state index contributed by atoms with van der Waals surface area (Å²) < 4.78 is 18.3. The fourth-order valence-electron chi connectivity index (χ4n) is 10.5. The largest absolute Gasteiger partial charge is 0.381 e. The third kappa shape index (κ3) is 64.0. The van der Waals surface area contributed by atoms with Crippen LogP contribution in [0.2, 0.25) is 0 Å². The van der Waals surface area contributed by atoms with E-state index in [1.165, 1.54) is 366 Å². The van der Waals surface area contributed by atoms with Gasteiger partial charge in [-0.05, 0) is 77.4 Å². The Bertz CT molecular complexity index is 759. The number of hydrogen-bond acceptors (Lipinski definition) is 4. The first-order valence-electron chi connectivity index (χ1n) is 33.3. The SMILES string of the molecule is CCCCCCCCCCCCCCCCCCOCCCCN(CCCCOCCCCCCCCCCCCCCCCCC)CCCCOCCCCCCCCCCCCCCCCCC. The van der Waals surface area contributed by atoms with Crippen LogP contribution in [-0.2, 0) is 14.2 Å². The molecular formula is C66H135NO3. The van der Waals surface area contributed by atoms with Gasteiger partial charge in [0.2, 0.25) is 0 Å². The minimum absolute atomic E-state index is 0.937. The molecule has 422 valence electrons. The molecule has 0 aliphatic carbocycles. The lowest BCUT2D eigenvalue weighted by Crippen LogP contribution is -2.28. The predicted molar refractivity (Wildman–Crippen MR) is 315 cm³/mol. The molecule has 0 bridgehead atoms. The molecule has 0 atom stereocenters. The predicted octanol–water partition coefficient (Wildman–Crippen LogP) is 22.5. The van der Waals surface area contributed by atoms with Gasteiger partial charge in [-0.1, -0.05) is 310 Å². The quantitative estimate of drug-likeness (QED) is 0.0568. The number of unbranched alkanes of at least 4 members (excludes halogenated alkanes) is 48. The molecule has 0 radical (unpaired) electrons. The molecule has 0 N–H and O–H groups in total. The molecule has 0 unspecified atom stereocenters. The molecule has 0 amide bonds. The Balaban J connectivity index is 3.98. The maximum atomic E-state index is 6.10. The summed E-state index contributed by atoms with van der Waals surface area (Å²) >= 11 is 0. The van der Waals surface area contributed by atoms with Gasteiger partial charge >= 0.3 is 0 Å². The molecule has 0 saturated carbocycles. The van der Waals surface area contributed by atoms with E-state index in [0.717, 1.165) is 39.6 Å². The van der Waals surface area contributed by atoms with Crippen molar-refractivity contribution in [3.05, 3.63) is 0 Å². The molecule has 0 aromatic heterocycles. The summed E-state index contributed by atoms with van der Waals surface area (Å²) in [5, 5.41) is 0. The summed E-state index contributed by atoms with van der Waals surface area (Å²) in [5.74, 6) is 0. The van der Waals surface area contributed by atoms with Crippen LogP contribution in [0.15, 0.2) is 0 Å². The summed E-state index contributed by atoms with van der Waals surface area (Å²) in [5.41, 5.74) is 0. The summed E-state index contributed by atoms with van der Waals surface area (Å²) in [6.45, 7) is 16.3. The molecular weight excluding hydrogens is 855 g/mol. The molecule has 4 heteroatoms. The molecule has 0 aromatic rings. The third-order valence-electron chi connectivity index (χ3n) is 15.5. The van der Waals surface area contributed by atoms with E-state index < -0.39 is 0 Å². The van der Waals surface area contributed by atoms with Crippen molar-refractivity contribution >= 4 is 0 Å². The van der Waals surface area contributed by atoms with Crippen molar-refractivity contribution in [2.75, 3.05) is 59.3 Å². The Hall–Kier alpha value is -0.160. The van der Waals surface area contributed by atoms with E-state index >= 15 is 0 Å². The van der Waals surface area contributed by atoms with Crippen molar-refractivity contribution in [3.63, 3.8) is 0 Å². The van der Waals surface area contributed by atoms with Gasteiger partial charge in [0.05, 0.1) is 0 Å². The minimum Gasteiger partial charge on any atom is -0.381 e. The Labute approximate surface area is 444 Å². The van der Waals surface area contributed by atoms with E-state index in [0.29, 0.717) is 0 Å². The van der Waals surface area contributed by atoms with Crippen LogP contribution in [0.5, 0.6) is 0 Å². The second-order valence-corrected chi connectivity index (χ2v) is 22.7.